The zero-order chi connectivity index (χ0) is 23.0. The fraction of sp³-hybridized carbons (Fsp3) is 0.368. The van der Waals surface area contributed by atoms with Gasteiger partial charge in [-0.2, -0.15) is 4.31 Å². The summed E-state index contributed by atoms with van der Waals surface area (Å²) in [5, 5.41) is 0. The second-order valence-electron chi connectivity index (χ2n) is 7.45. The molecule has 1 fully saturated rings. The third kappa shape index (κ3) is 4.77. The molecule has 0 radical (unpaired) electrons. The summed E-state index contributed by atoms with van der Waals surface area (Å²) in [6.45, 7) is 2.56. The average Bonchev–Trinajstić information content (AvgIpc) is 3.25. The van der Waals surface area contributed by atoms with Crippen molar-refractivity contribution in [3.8, 4) is 0 Å². The summed E-state index contributed by atoms with van der Waals surface area (Å²) in [4.78, 5) is -0.149. The fourth-order valence-corrected chi connectivity index (χ4v) is 6.72. The molecule has 0 amide bonds. The Labute approximate surface area is 183 Å². The van der Waals surface area contributed by atoms with Crippen molar-refractivity contribution < 1.29 is 25.3 Å². The Morgan fingerprint density at radius 2 is 1.32 bits per heavy atom. The van der Waals surface area contributed by atoms with Crippen molar-refractivity contribution >= 4 is 35.8 Å². The zero-order valence-electron chi connectivity index (χ0n) is 17.4. The van der Waals surface area contributed by atoms with Crippen LogP contribution in [0.4, 0.5) is 5.69 Å². The Kier molecular flexibility index (Phi) is 6.50. The molecular formula is C19H25N3O6S3. The number of nitrogens with one attached hydrogen (secondary N) is 1. The van der Waals surface area contributed by atoms with Crippen LogP contribution in [-0.2, 0) is 30.1 Å². The molecule has 1 heterocycles. The molecule has 3 rings (SSSR count). The van der Waals surface area contributed by atoms with Crippen molar-refractivity contribution in [2.24, 2.45) is 0 Å². The van der Waals surface area contributed by atoms with Crippen LogP contribution in [0.5, 0.6) is 0 Å². The molecule has 12 heteroatoms. The van der Waals surface area contributed by atoms with Crippen LogP contribution in [0.25, 0.3) is 0 Å². The van der Waals surface area contributed by atoms with Gasteiger partial charge in [-0.05, 0) is 61.7 Å². The Hall–Kier alpha value is -1.99. The van der Waals surface area contributed by atoms with Gasteiger partial charge in [0.2, 0.25) is 20.0 Å². The van der Waals surface area contributed by atoms with E-state index in [1.807, 2.05) is 0 Å². The first kappa shape index (κ1) is 23.7. The first-order chi connectivity index (χ1) is 14.4. The number of anilines is 1. The molecule has 31 heavy (non-hydrogen) atoms. The Morgan fingerprint density at radius 3 is 1.87 bits per heavy atom. The van der Waals surface area contributed by atoms with Crippen molar-refractivity contribution in [2.45, 2.75) is 34.5 Å². The van der Waals surface area contributed by atoms with Crippen molar-refractivity contribution in [1.29, 1.82) is 0 Å². The number of rotatable bonds is 7. The molecule has 0 spiro atoms. The van der Waals surface area contributed by atoms with E-state index in [0.29, 0.717) is 18.7 Å². The van der Waals surface area contributed by atoms with Crippen LogP contribution in [0.2, 0.25) is 0 Å². The molecule has 2 aromatic rings. The van der Waals surface area contributed by atoms with Crippen LogP contribution in [0.3, 0.4) is 0 Å². The van der Waals surface area contributed by atoms with Crippen LogP contribution < -0.4 is 4.72 Å². The van der Waals surface area contributed by atoms with Crippen LogP contribution in [-0.4, -0.2) is 61.0 Å². The van der Waals surface area contributed by atoms with E-state index in [4.69, 9.17) is 0 Å². The topological polar surface area (TPSA) is 121 Å². The normalized spacial score (nSPS) is 16.0. The maximum absolute atomic E-state index is 12.8. The van der Waals surface area contributed by atoms with Gasteiger partial charge in [-0.25, -0.2) is 29.6 Å². The minimum absolute atomic E-state index is 0.0311. The quantitative estimate of drug-likeness (QED) is 0.636. The van der Waals surface area contributed by atoms with E-state index < -0.39 is 30.1 Å². The number of benzene rings is 2. The number of hydrogen-bond acceptors (Lipinski definition) is 6. The number of aryl methyl sites for hydroxylation is 1. The number of hydrogen-bond donors (Lipinski definition) is 1. The summed E-state index contributed by atoms with van der Waals surface area (Å²) in [6.07, 6.45) is 1.61. The van der Waals surface area contributed by atoms with E-state index in [-0.39, 0.29) is 20.4 Å². The third-order valence-corrected chi connectivity index (χ3v) is 10.2. The van der Waals surface area contributed by atoms with Crippen molar-refractivity contribution in [3.05, 3.63) is 48.0 Å². The largest absolute Gasteiger partial charge is 0.279 e. The molecule has 0 aromatic heterocycles. The Morgan fingerprint density at radius 1 is 0.806 bits per heavy atom. The van der Waals surface area contributed by atoms with Crippen LogP contribution in [0.15, 0.2) is 57.2 Å². The molecule has 1 N–H and O–H groups in total. The lowest BCUT2D eigenvalue weighted by molar-refractivity contribution is 0.477. The predicted molar refractivity (Wildman–Crippen MR) is 117 cm³/mol. The molecular weight excluding hydrogens is 462 g/mol. The van der Waals surface area contributed by atoms with Gasteiger partial charge >= 0.3 is 0 Å². The van der Waals surface area contributed by atoms with Gasteiger partial charge in [-0.1, -0.05) is 6.07 Å². The van der Waals surface area contributed by atoms with E-state index in [1.54, 1.807) is 6.92 Å². The first-order valence-electron chi connectivity index (χ1n) is 9.52. The summed E-state index contributed by atoms with van der Waals surface area (Å²) >= 11 is 0. The first-order valence-corrected chi connectivity index (χ1v) is 13.9. The van der Waals surface area contributed by atoms with E-state index in [9.17, 15) is 25.3 Å². The predicted octanol–water partition coefficient (Wildman–Crippen LogP) is 1.83. The summed E-state index contributed by atoms with van der Waals surface area (Å²) in [5.41, 5.74) is 0.659. The van der Waals surface area contributed by atoms with Crippen molar-refractivity contribution in [2.75, 3.05) is 31.9 Å². The lowest BCUT2D eigenvalue weighted by Gasteiger charge is -2.16. The molecule has 0 bridgehead atoms. The molecule has 1 aliphatic rings. The zero-order valence-corrected chi connectivity index (χ0v) is 19.9. The fourth-order valence-electron chi connectivity index (χ4n) is 3.15. The average molecular weight is 488 g/mol. The molecule has 0 saturated carbocycles. The lowest BCUT2D eigenvalue weighted by atomic mass is 10.2. The van der Waals surface area contributed by atoms with E-state index >= 15 is 0 Å². The Balaban J connectivity index is 1.89. The monoisotopic (exact) mass is 487 g/mol. The lowest BCUT2D eigenvalue weighted by Crippen LogP contribution is -2.27. The number of sulfonamides is 3. The van der Waals surface area contributed by atoms with Gasteiger partial charge in [0.15, 0.2) is 0 Å². The molecule has 0 atom stereocenters. The van der Waals surface area contributed by atoms with Crippen molar-refractivity contribution in [1.82, 2.24) is 8.61 Å². The van der Waals surface area contributed by atoms with E-state index in [1.165, 1.54) is 60.9 Å². The summed E-state index contributed by atoms with van der Waals surface area (Å²) < 4.78 is 80.4. The molecule has 1 saturated heterocycles. The molecule has 2 aromatic carbocycles. The summed E-state index contributed by atoms with van der Waals surface area (Å²) in [7, 11) is -8.68. The van der Waals surface area contributed by atoms with Gasteiger partial charge in [-0.3, -0.25) is 4.72 Å². The smallest absolute Gasteiger partial charge is 0.261 e. The highest BCUT2D eigenvalue weighted by Crippen LogP contribution is 2.26. The second kappa shape index (κ2) is 8.51. The second-order valence-corrected chi connectivity index (χ2v) is 13.2. The van der Waals surface area contributed by atoms with Gasteiger partial charge in [0.25, 0.3) is 10.0 Å². The highest BCUT2D eigenvalue weighted by Gasteiger charge is 2.28. The standard InChI is InChI=1S/C19H25N3O6S3/c1-15-6-7-18(30(25,26)21(2)3)14-19(15)20-29(23,24)16-8-10-17(11-9-16)31(27,28)22-12-4-5-13-22/h6-11,14,20H,4-5,12-13H2,1-3H3. The van der Waals surface area contributed by atoms with Gasteiger partial charge in [0.1, 0.15) is 0 Å². The van der Waals surface area contributed by atoms with Gasteiger partial charge in [0.05, 0.1) is 20.4 Å². The summed E-state index contributed by atoms with van der Waals surface area (Å²) in [5.74, 6) is 0. The van der Waals surface area contributed by atoms with Crippen LogP contribution in [0, 0.1) is 6.92 Å². The van der Waals surface area contributed by atoms with Gasteiger partial charge in [-0.15, -0.1) is 0 Å². The highest BCUT2D eigenvalue weighted by atomic mass is 32.2. The molecule has 0 unspecified atom stereocenters. The molecule has 9 nitrogen and oxygen atoms in total. The summed E-state index contributed by atoms with van der Waals surface area (Å²) in [6, 6.07) is 9.15. The highest BCUT2D eigenvalue weighted by molar-refractivity contribution is 7.92. The number of nitrogens with zero attached hydrogens (tertiary/aromatic N) is 2. The van der Waals surface area contributed by atoms with Crippen LogP contribution in [0.1, 0.15) is 18.4 Å². The molecule has 0 aliphatic carbocycles. The van der Waals surface area contributed by atoms with Crippen molar-refractivity contribution in [3.63, 3.8) is 0 Å². The third-order valence-electron chi connectivity index (χ3n) is 5.07. The molecule has 170 valence electrons. The molecule has 1 aliphatic heterocycles. The van der Waals surface area contributed by atoms with Crippen LogP contribution >= 0.6 is 0 Å². The van der Waals surface area contributed by atoms with Gasteiger partial charge in [0, 0.05) is 27.2 Å². The maximum atomic E-state index is 12.8. The minimum Gasteiger partial charge on any atom is -0.279 e. The SMILES string of the molecule is Cc1ccc(S(=O)(=O)N(C)C)cc1NS(=O)(=O)c1ccc(S(=O)(=O)N2CCCC2)cc1. The maximum Gasteiger partial charge on any atom is 0.261 e. The minimum atomic E-state index is -4.07. The van der Waals surface area contributed by atoms with Gasteiger partial charge < -0.3 is 0 Å². The van der Waals surface area contributed by atoms with E-state index in [0.717, 1.165) is 17.1 Å². The Bertz CT molecular complexity index is 1280. The van der Waals surface area contributed by atoms with E-state index in [2.05, 4.69) is 4.72 Å².